The van der Waals surface area contributed by atoms with Gasteiger partial charge in [-0.3, -0.25) is 9.20 Å². The van der Waals surface area contributed by atoms with E-state index in [4.69, 9.17) is 5.73 Å². The van der Waals surface area contributed by atoms with Crippen LogP contribution in [-0.2, 0) is 0 Å². The van der Waals surface area contributed by atoms with Crippen LogP contribution in [0, 0.1) is 13.8 Å². The molecule has 1 amide bonds. The van der Waals surface area contributed by atoms with Gasteiger partial charge in [0.15, 0.2) is 5.65 Å². The largest absolute Gasteiger partial charge is 0.390 e. The maximum absolute atomic E-state index is 12.9. The number of nitrogens with two attached hydrogens (primary N) is 1. The maximum Gasteiger partial charge on any atom is 0.390 e. The summed E-state index contributed by atoms with van der Waals surface area (Å²) < 4.78 is 40.5. The number of aromatic nitrogens is 2. The highest BCUT2D eigenvalue weighted by Crippen LogP contribution is 2.32. The van der Waals surface area contributed by atoms with E-state index in [1.807, 2.05) is 41.8 Å². The van der Waals surface area contributed by atoms with Crippen molar-refractivity contribution in [2.45, 2.75) is 60.1 Å². The summed E-state index contributed by atoms with van der Waals surface area (Å²) >= 11 is 0. The summed E-state index contributed by atoms with van der Waals surface area (Å²) in [6, 6.07) is 13.1. The number of halogens is 3. The number of amides is 1. The van der Waals surface area contributed by atoms with Crippen LogP contribution in [0.4, 0.5) is 18.9 Å². The molecular formula is C33H40F3N5O. The second-order valence-electron chi connectivity index (χ2n) is 10.3. The smallest absolute Gasteiger partial charge is 0.385 e. The molecule has 4 N–H and O–H groups in total. The fraction of sp³-hybridized carbons (Fsp3) is 0.333. The minimum atomic E-state index is -4.28. The fourth-order valence-corrected chi connectivity index (χ4v) is 4.58. The molecule has 0 radical (unpaired) electrons. The number of rotatable bonds is 10. The van der Waals surface area contributed by atoms with Gasteiger partial charge in [-0.1, -0.05) is 58.0 Å². The van der Waals surface area contributed by atoms with E-state index < -0.39 is 18.5 Å². The first-order valence-electron chi connectivity index (χ1n) is 14.2. The van der Waals surface area contributed by atoms with Crippen LogP contribution in [-0.4, -0.2) is 34.6 Å². The number of alkyl halides is 3. The minimum Gasteiger partial charge on any atom is -0.385 e. The van der Waals surface area contributed by atoms with E-state index in [9.17, 15) is 18.0 Å². The van der Waals surface area contributed by atoms with Crippen molar-refractivity contribution in [3.8, 4) is 22.4 Å². The lowest BCUT2D eigenvalue weighted by Gasteiger charge is -2.15. The zero-order valence-corrected chi connectivity index (χ0v) is 25.0. The number of fused-ring (bicyclic) bond motifs is 1. The average molecular weight is 580 g/mol. The van der Waals surface area contributed by atoms with Crippen molar-refractivity contribution in [2.75, 3.05) is 18.4 Å². The van der Waals surface area contributed by atoms with Gasteiger partial charge in [0.05, 0.1) is 24.0 Å². The molecule has 42 heavy (non-hydrogen) atoms. The average Bonchev–Trinajstić information content (AvgIpc) is 3.35. The molecular weight excluding hydrogens is 539 g/mol. The molecule has 0 spiro atoms. The Labute approximate surface area is 245 Å². The van der Waals surface area contributed by atoms with Gasteiger partial charge in [0, 0.05) is 41.7 Å². The van der Waals surface area contributed by atoms with Gasteiger partial charge < -0.3 is 16.4 Å². The van der Waals surface area contributed by atoms with Gasteiger partial charge in [-0.05, 0) is 60.7 Å². The SMILES string of the molecule is C=C(NCCC)c1ccc(-c2cnc3c(NCCC(F)(F)F)cc(-c4ccc(C(N)=O)c(C)c4)cn23)cc1C.CCC. The quantitative estimate of drug-likeness (QED) is 0.177. The summed E-state index contributed by atoms with van der Waals surface area (Å²) in [5, 5.41) is 6.24. The summed E-state index contributed by atoms with van der Waals surface area (Å²) in [7, 11) is 0. The molecule has 4 rings (SSSR count). The molecule has 0 fully saturated rings. The van der Waals surface area contributed by atoms with E-state index in [-0.39, 0.29) is 6.54 Å². The molecule has 6 nitrogen and oxygen atoms in total. The first-order chi connectivity index (χ1) is 19.9. The van der Waals surface area contributed by atoms with Gasteiger partial charge in [-0.15, -0.1) is 0 Å². The third-order valence-corrected chi connectivity index (χ3v) is 6.59. The maximum atomic E-state index is 12.9. The highest BCUT2D eigenvalue weighted by Gasteiger charge is 2.26. The molecule has 0 atom stereocenters. The van der Waals surface area contributed by atoms with E-state index in [0.29, 0.717) is 22.5 Å². The number of anilines is 1. The first kappa shape index (κ1) is 32.2. The van der Waals surface area contributed by atoms with Crippen LogP contribution in [0.1, 0.15) is 67.1 Å². The topological polar surface area (TPSA) is 84.4 Å². The van der Waals surface area contributed by atoms with Crippen LogP contribution in [0.25, 0.3) is 33.7 Å². The number of benzene rings is 2. The zero-order chi connectivity index (χ0) is 31.0. The molecule has 224 valence electrons. The summed E-state index contributed by atoms with van der Waals surface area (Å²) in [4.78, 5) is 16.3. The molecule has 0 saturated carbocycles. The lowest BCUT2D eigenvalue weighted by Crippen LogP contribution is -2.15. The predicted molar refractivity (Wildman–Crippen MR) is 167 cm³/mol. The van der Waals surface area contributed by atoms with Crippen LogP contribution in [0.5, 0.6) is 0 Å². The molecule has 9 heteroatoms. The number of carbonyl (C=O) groups is 1. The second kappa shape index (κ2) is 14.1. The normalized spacial score (nSPS) is 11.1. The Balaban J connectivity index is 0.00000155. The third-order valence-electron chi connectivity index (χ3n) is 6.59. The minimum absolute atomic E-state index is 0.287. The number of pyridine rings is 1. The van der Waals surface area contributed by atoms with E-state index in [0.717, 1.165) is 52.2 Å². The van der Waals surface area contributed by atoms with E-state index in [2.05, 4.69) is 43.0 Å². The lowest BCUT2D eigenvalue weighted by atomic mass is 10.00. The van der Waals surface area contributed by atoms with Gasteiger partial charge in [0.25, 0.3) is 0 Å². The number of primary amides is 1. The predicted octanol–water partition coefficient (Wildman–Crippen LogP) is 8.13. The van der Waals surface area contributed by atoms with Gasteiger partial charge in [-0.2, -0.15) is 13.2 Å². The summed E-state index contributed by atoms with van der Waals surface area (Å²) in [6.07, 6.45) is 0.604. The number of carbonyl (C=O) groups excluding carboxylic acids is 1. The summed E-state index contributed by atoms with van der Waals surface area (Å²) in [5.41, 5.74) is 13.7. The van der Waals surface area contributed by atoms with Gasteiger partial charge >= 0.3 is 6.18 Å². The molecule has 0 unspecified atom stereocenters. The first-order valence-corrected chi connectivity index (χ1v) is 14.2. The molecule has 2 aromatic carbocycles. The Morgan fingerprint density at radius 2 is 1.57 bits per heavy atom. The van der Waals surface area contributed by atoms with E-state index in [1.54, 1.807) is 31.3 Å². The summed E-state index contributed by atoms with van der Waals surface area (Å²) in [6.45, 7) is 14.8. The Morgan fingerprint density at radius 3 is 2.17 bits per heavy atom. The number of nitrogens with one attached hydrogen (secondary N) is 2. The van der Waals surface area contributed by atoms with Crippen molar-refractivity contribution in [3.63, 3.8) is 0 Å². The van der Waals surface area contributed by atoms with Crippen molar-refractivity contribution in [3.05, 3.63) is 83.7 Å². The van der Waals surface area contributed by atoms with Gasteiger partial charge in [0.2, 0.25) is 5.91 Å². The molecule has 0 aliphatic heterocycles. The highest BCUT2D eigenvalue weighted by atomic mass is 19.4. The van der Waals surface area contributed by atoms with Crippen LogP contribution in [0.3, 0.4) is 0 Å². The zero-order valence-electron chi connectivity index (χ0n) is 25.0. The number of hydrogen-bond acceptors (Lipinski definition) is 4. The van der Waals surface area contributed by atoms with Crippen LogP contribution >= 0.6 is 0 Å². The van der Waals surface area contributed by atoms with Crippen molar-refractivity contribution in [2.24, 2.45) is 5.73 Å². The van der Waals surface area contributed by atoms with Crippen LogP contribution in [0.2, 0.25) is 0 Å². The Bertz CT molecular complexity index is 1560. The molecule has 0 saturated heterocycles. The highest BCUT2D eigenvalue weighted by molar-refractivity contribution is 5.95. The molecule has 2 heterocycles. The van der Waals surface area contributed by atoms with Crippen molar-refractivity contribution in [1.82, 2.24) is 14.7 Å². The van der Waals surface area contributed by atoms with Crippen molar-refractivity contribution >= 4 is 22.9 Å². The third kappa shape index (κ3) is 7.93. The summed E-state index contributed by atoms with van der Waals surface area (Å²) in [5.74, 6) is -0.521. The van der Waals surface area contributed by atoms with E-state index in [1.165, 1.54) is 6.42 Å². The number of imidazole rings is 1. The van der Waals surface area contributed by atoms with Crippen molar-refractivity contribution in [1.29, 1.82) is 0 Å². The van der Waals surface area contributed by atoms with Gasteiger partial charge in [-0.25, -0.2) is 4.98 Å². The molecule has 4 aromatic rings. The molecule has 0 aliphatic carbocycles. The number of nitrogens with zero attached hydrogens (tertiary/aromatic N) is 2. The fourth-order valence-electron chi connectivity index (χ4n) is 4.58. The van der Waals surface area contributed by atoms with Gasteiger partial charge in [0.1, 0.15) is 0 Å². The van der Waals surface area contributed by atoms with Crippen LogP contribution in [0.15, 0.2) is 61.4 Å². The Hall–Kier alpha value is -4.27. The Kier molecular flexibility index (Phi) is 10.8. The standard InChI is InChI=1S/C30H32F3N5O.C3H8/c1-5-11-35-20(4)24-8-7-22(14-18(24)2)27-16-37-29-26(36-12-10-30(31,32)33)15-23(17-38(27)29)21-6-9-25(28(34)39)19(3)13-21;1-3-2/h6-9,13-17,35-36H,4-5,10-12H2,1-3H3,(H2,34,39);3H2,1-2H3. The molecule has 2 aromatic heterocycles. The van der Waals surface area contributed by atoms with E-state index >= 15 is 0 Å². The molecule has 0 aliphatic rings. The Morgan fingerprint density at radius 1 is 0.952 bits per heavy atom. The number of aryl methyl sites for hydroxylation is 2. The monoisotopic (exact) mass is 579 g/mol. The van der Waals surface area contributed by atoms with Crippen molar-refractivity contribution < 1.29 is 18.0 Å². The molecule has 0 bridgehead atoms. The number of hydrogen-bond donors (Lipinski definition) is 3. The van der Waals surface area contributed by atoms with Crippen LogP contribution < -0.4 is 16.4 Å². The second-order valence-corrected chi connectivity index (χ2v) is 10.3. The lowest BCUT2D eigenvalue weighted by molar-refractivity contribution is -0.131.